The molecule has 0 bridgehead atoms. The number of amides is 1. The number of carbonyl (C=O) groups excluding carboxylic acids is 1. The molecule has 0 aromatic heterocycles. The van der Waals surface area contributed by atoms with Crippen LogP contribution in [0.2, 0.25) is 0 Å². The van der Waals surface area contributed by atoms with Gasteiger partial charge < -0.3 is 5.11 Å². The second-order valence-electron chi connectivity index (χ2n) is 3.12. The quantitative estimate of drug-likeness (QED) is 0.514. The molecule has 1 amide bonds. The van der Waals surface area contributed by atoms with E-state index in [1.54, 1.807) is 12.1 Å². The second kappa shape index (κ2) is 5.55. The highest BCUT2D eigenvalue weighted by Gasteiger charge is 2.09. The Kier molecular flexibility index (Phi) is 4.08. The molecule has 0 aliphatic carbocycles. The van der Waals surface area contributed by atoms with Crippen LogP contribution in [0.1, 0.15) is 6.42 Å². The summed E-state index contributed by atoms with van der Waals surface area (Å²) in [6, 6.07) is 9.01. The molecular formula is C11H12N2O3. The number of carboxylic acids is 1. The van der Waals surface area contributed by atoms with Crippen LogP contribution < -0.4 is 10.9 Å². The molecule has 0 aliphatic heterocycles. The number of nitrogens with one attached hydrogen (secondary N) is 2. The van der Waals surface area contributed by atoms with Crippen LogP contribution >= 0.6 is 0 Å². The average Bonchev–Trinajstić information content (AvgIpc) is 2.27. The van der Waals surface area contributed by atoms with Gasteiger partial charge in [-0.3, -0.25) is 15.6 Å². The normalized spacial score (nSPS) is 9.25. The van der Waals surface area contributed by atoms with Crippen molar-refractivity contribution in [1.82, 2.24) is 5.43 Å². The van der Waals surface area contributed by atoms with Gasteiger partial charge in [0.05, 0.1) is 12.1 Å². The molecule has 0 saturated heterocycles. The van der Waals surface area contributed by atoms with Gasteiger partial charge in [-0.2, -0.15) is 0 Å². The van der Waals surface area contributed by atoms with E-state index in [4.69, 9.17) is 5.11 Å². The summed E-state index contributed by atoms with van der Waals surface area (Å²) in [7, 11) is 0. The molecule has 0 fully saturated rings. The molecule has 0 radical (unpaired) electrons. The van der Waals surface area contributed by atoms with Gasteiger partial charge >= 0.3 is 5.97 Å². The maximum atomic E-state index is 11.2. The Hall–Kier alpha value is -2.30. The van der Waals surface area contributed by atoms with Gasteiger partial charge in [-0.05, 0) is 12.1 Å². The summed E-state index contributed by atoms with van der Waals surface area (Å²) < 4.78 is 0. The fourth-order valence-corrected chi connectivity index (χ4v) is 0.977. The summed E-state index contributed by atoms with van der Waals surface area (Å²) in [5.74, 6) is -1.62. The molecule has 0 aliphatic rings. The van der Waals surface area contributed by atoms with E-state index in [0.29, 0.717) is 0 Å². The lowest BCUT2D eigenvalue weighted by Gasteiger charge is -2.07. The van der Waals surface area contributed by atoms with E-state index in [9.17, 15) is 9.59 Å². The summed E-state index contributed by atoms with van der Waals surface area (Å²) in [4.78, 5) is 21.6. The zero-order valence-corrected chi connectivity index (χ0v) is 8.56. The second-order valence-corrected chi connectivity index (χ2v) is 3.12. The van der Waals surface area contributed by atoms with E-state index < -0.39 is 11.9 Å². The Bertz CT molecular complexity index is 401. The molecule has 0 saturated carbocycles. The van der Waals surface area contributed by atoms with Crippen molar-refractivity contribution < 1.29 is 14.7 Å². The number of hydrogen-bond acceptors (Lipinski definition) is 3. The first kappa shape index (κ1) is 11.8. The zero-order chi connectivity index (χ0) is 12.0. The van der Waals surface area contributed by atoms with Gasteiger partial charge in [0, 0.05) is 5.57 Å². The first-order chi connectivity index (χ1) is 7.59. The summed E-state index contributed by atoms with van der Waals surface area (Å²) in [5.41, 5.74) is 5.60. The molecule has 16 heavy (non-hydrogen) atoms. The lowest BCUT2D eigenvalue weighted by atomic mass is 10.2. The van der Waals surface area contributed by atoms with Crippen LogP contribution in [0.4, 0.5) is 5.69 Å². The predicted molar refractivity (Wildman–Crippen MR) is 59.6 cm³/mol. The Morgan fingerprint density at radius 2 is 1.88 bits per heavy atom. The van der Waals surface area contributed by atoms with Gasteiger partial charge in [0.2, 0.25) is 5.91 Å². The highest BCUT2D eigenvalue weighted by atomic mass is 16.4. The number of hydrazine groups is 1. The molecule has 3 N–H and O–H groups in total. The zero-order valence-electron chi connectivity index (χ0n) is 8.56. The highest BCUT2D eigenvalue weighted by Crippen LogP contribution is 2.03. The number of hydrogen-bond donors (Lipinski definition) is 3. The number of carboxylic acid groups (broad SMARTS) is 1. The van der Waals surface area contributed by atoms with E-state index in [1.807, 2.05) is 18.2 Å². The molecule has 1 rings (SSSR count). The van der Waals surface area contributed by atoms with Crippen molar-refractivity contribution in [2.24, 2.45) is 0 Å². The molecule has 1 aromatic rings. The minimum atomic E-state index is -1.17. The van der Waals surface area contributed by atoms with E-state index >= 15 is 0 Å². The van der Waals surface area contributed by atoms with Crippen LogP contribution in [-0.2, 0) is 9.59 Å². The summed E-state index contributed by atoms with van der Waals surface area (Å²) in [6.07, 6.45) is -0.241. The number of anilines is 1. The molecule has 0 unspecified atom stereocenters. The van der Waals surface area contributed by atoms with Crippen molar-refractivity contribution in [2.45, 2.75) is 6.42 Å². The van der Waals surface area contributed by atoms with Gasteiger partial charge in [0.25, 0.3) is 0 Å². The fourth-order valence-electron chi connectivity index (χ4n) is 0.977. The molecule has 5 nitrogen and oxygen atoms in total. The van der Waals surface area contributed by atoms with Crippen molar-refractivity contribution in [3.8, 4) is 0 Å². The minimum absolute atomic E-state index is 0.146. The first-order valence-electron chi connectivity index (χ1n) is 4.60. The number of rotatable bonds is 5. The fraction of sp³-hybridized carbons (Fsp3) is 0.0909. The molecule has 84 valence electrons. The summed E-state index contributed by atoms with van der Waals surface area (Å²) in [6.45, 7) is 3.26. The number of aliphatic carboxylic acids is 1. The largest absolute Gasteiger partial charge is 0.478 e. The van der Waals surface area contributed by atoms with Gasteiger partial charge in [-0.15, -0.1) is 0 Å². The SMILES string of the molecule is C=C(CC(=O)NNc1ccccc1)C(=O)O. The van der Waals surface area contributed by atoms with Crippen molar-refractivity contribution in [3.63, 3.8) is 0 Å². The van der Waals surface area contributed by atoms with Crippen LogP contribution in [0.25, 0.3) is 0 Å². The van der Waals surface area contributed by atoms with Crippen molar-refractivity contribution in [2.75, 3.05) is 5.43 Å². The Labute approximate surface area is 92.8 Å². The predicted octanol–water partition coefficient (Wildman–Crippen LogP) is 1.16. The van der Waals surface area contributed by atoms with Crippen molar-refractivity contribution >= 4 is 17.6 Å². The molecule has 5 heteroatoms. The third-order valence-electron chi connectivity index (χ3n) is 1.80. The Morgan fingerprint density at radius 3 is 2.44 bits per heavy atom. The van der Waals surface area contributed by atoms with E-state index in [2.05, 4.69) is 17.4 Å². The maximum absolute atomic E-state index is 11.2. The summed E-state index contributed by atoms with van der Waals surface area (Å²) >= 11 is 0. The maximum Gasteiger partial charge on any atom is 0.331 e. The van der Waals surface area contributed by atoms with Crippen LogP contribution in [0.5, 0.6) is 0 Å². The van der Waals surface area contributed by atoms with Crippen molar-refractivity contribution in [1.29, 1.82) is 0 Å². The van der Waals surface area contributed by atoms with Gasteiger partial charge in [-0.25, -0.2) is 4.79 Å². The lowest BCUT2D eigenvalue weighted by Crippen LogP contribution is -2.30. The molecule has 0 spiro atoms. The lowest BCUT2D eigenvalue weighted by molar-refractivity contribution is -0.134. The van der Waals surface area contributed by atoms with Gasteiger partial charge in [0.15, 0.2) is 0 Å². The molecule has 0 heterocycles. The van der Waals surface area contributed by atoms with Crippen molar-refractivity contribution in [3.05, 3.63) is 42.5 Å². The topological polar surface area (TPSA) is 78.4 Å². The number of carbonyl (C=O) groups is 2. The molecule has 1 aromatic carbocycles. The Balaban J connectivity index is 2.36. The smallest absolute Gasteiger partial charge is 0.331 e. The standard InChI is InChI=1S/C11H12N2O3/c1-8(11(15)16)7-10(14)13-12-9-5-3-2-4-6-9/h2-6,12H,1,7H2,(H,13,14)(H,15,16). The minimum Gasteiger partial charge on any atom is -0.478 e. The third kappa shape index (κ3) is 3.83. The summed E-state index contributed by atoms with van der Waals surface area (Å²) in [5, 5.41) is 8.52. The average molecular weight is 220 g/mol. The molecular weight excluding hydrogens is 208 g/mol. The van der Waals surface area contributed by atoms with Crippen LogP contribution in [-0.4, -0.2) is 17.0 Å². The number of benzene rings is 1. The van der Waals surface area contributed by atoms with E-state index in [-0.39, 0.29) is 12.0 Å². The van der Waals surface area contributed by atoms with E-state index in [0.717, 1.165) is 5.69 Å². The van der Waals surface area contributed by atoms with E-state index in [1.165, 1.54) is 0 Å². The molecule has 0 atom stereocenters. The highest BCUT2D eigenvalue weighted by molar-refractivity contribution is 5.93. The van der Waals surface area contributed by atoms with Crippen LogP contribution in [0, 0.1) is 0 Å². The van der Waals surface area contributed by atoms with Gasteiger partial charge in [-0.1, -0.05) is 24.8 Å². The van der Waals surface area contributed by atoms with Crippen LogP contribution in [0.3, 0.4) is 0 Å². The Morgan fingerprint density at radius 1 is 1.25 bits per heavy atom. The first-order valence-corrected chi connectivity index (χ1v) is 4.60. The van der Waals surface area contributed by atoms with Crippen LogP contribution in [0.15, 0.2) is 42.5 Å². The third-order valence-corrected chi connectivity index (χ3v) is 1.80. The van der Waals surface area contributed by atoms with Gasteiger partial charge in [0.1, 0.15) is 0 Å². The number of para-hydroxylation sites is 1. The monoisotopic (exact) mass is 220 g/mol.